The third-order valence-electron chi connectivity index (χ3n) is 3.72. The van der Waals surface area contributed by atoms with Gasteiger partial charge in [0.1, 0.15) is 11.3 Å². The fourth-order valence-corrected chi connectivity index (χ4v) is 2.69. The number of nitrogens with zero attached hydrogens (tertiary/aromatic N) is 4. The van der Waals surface area contributed by atoms with Gasteiger partial charge in [0, 0.05) is 31.7 Å². The van der Waals surface area contributed by atoms with Crippen LogP contribution in [-0.4, -0.2) is 57.8 Å². The molecule has 0 saturated carbocycles. The molecule has 1 atom stereocenters. The molecule has 1 amide bonds. The van der Waals surface area contributed by atoms with Gasteiger partial charge in [-0.2, -0.15) is 0 Å². The maximum atomic E-state index is 12.5. The summed E-state index contributed by atoms with van der Waals surface area (Å²) in [7, 11) is 0. The van der Waals surface area contributed by atoms with Crippen LogP contribution < -0.4 is 0 Å². The van der Waals surface area contributed by atoms with Gasteiger partial charge in [-0.3, -0.25) is 19.8 Å². The van der Waals surface area contributed by atoms with Crippen molar-refractivity contribution in [1.29, 1.82) is 0 Å². The van der Waals surface area contributed by atoms with Gasteiger partial charge in [-0.05, 0) is 13.5 Å². The number of hydrogen-bond acceptors (Lipinski definition) is 5. The lowest BCUT2D eigenvalue weighted by molar-refractivity contribution is -0.385. The highest BCUT2D eigenvalue weighted by atomic mass is 35.5. The number of carbonyl (C=O) groups is 1. The molecule has 1 fully saturated rings. The Morgan fingerprint density at radius 3 is 2.86 bits per heavy atom. The van der Waals surface area contributed by atoms with Crippen LogP contribution in [0.4, 0.5) is 5.69 Å². The number of rotatable bonds is 3. The average Bonchev–Trinajstić information content (AvgIpc) is 2.46. The molecule has 1 unspecified atom stereocenters. The summed E-state index contributed by atoms with van der Waals surface area (Å²) >= 11 is 5.92. The minimum Gasteiger partial charge on any atom is -0.336 e. The fourth-order valence-electron chi connectivity index (χ4n) is 2.51. The summed E-state index contributed by atoms with van der Waals surface area (Å²) < 4.78 is 0. The molecule has 1 aromatic heterocycles. The first-order valence-electron chi connectivity index (χ1n) is 6.77. The smallest absolute Gasteiger partial charge is 0.288 e. The molecule has 1 saturated heterocycles. The average molecular weight is 313 g/mol. The van der Waals surface area contributed by atoms with E-state index < -0.39 is 4.92 Å². The van der Waals surface area contributed by atoms with E-state index in [2.05, 4.69) is 23.7 Å². The standard InChI is InChI=1S/C13H17ClN4O3/c1-3-16-4-5-17(8-9(16)2)13(19)11-6-10(18(20)21)7-15-12(11)14/h6-7,9H,3-5,8H2,1-2H3. The molecule has 1 aliphatic rings. The van der Waals surface area contributed by atoms with E-state index in [1.165, 1.54) is 6.07 Å². The van der Waals surface area contributed by atoms with Crippen molar-refractivity contribution in [2.24, 2.45) is 0 Å². The van der Waals surface area contributed by atoms with Gasteiger partial charge in [0.05, 0.1) is 10.5 Å². The summed E-state index contributed by atoms with van der Waals surface area (Å²) in [6.45, 7) is 7.00. The van der Waals surface area contributed by atoms with E-state index in [-0.39, 0.29) is 28.4 Å². The van der Waals surface area contributed by atoms with Crippen LogP contribution in [0.3, 0.4) is 0 Å². The lowest BCUT2D eigenvalue weighted by atomic mass is 10.1. The van der Waals surface area contributed by atoms with Crippen molar-refractivity contribution >= 4 is 23.2 Å². The molecule has 0 radical (unpaired) electrons. The summed E-state index contributed by atoms with van der Waals surface area (Å²) in [5.41, 5.74) is -0.147. The van der Waals surface area contributed by atoms with Crippen LogP contribution in [0.25, 0.3) is 0 Å². The Hall–Kier alpha value is -1.73. The Balaban J connectivity index is 2.21. The molecule has 2 heterocycles. The first-order valence-corrected chi connectivity index (χ1v) is 7.15. The second kappa shape index (κ2) is 6.36. The van der Waals surface area contributed by atoms with Gasteiger partial charge in [-0.15, -0.1) is 0 Å². The van der Waals surface area contributed by atoms with E-state index in [4.69, 9.17) is 11.6 Å². The van der Waals surface area contributed by atoms with Crippen LogP contribution in [-0.2, 0) is 0 Å². The molecular formula is C13H17ClN4O3. The van der Waals surface area contributed by atoms with Gasteiger partial charge in [0.2, 0.25) is 0 Å². The van der Waals surface area contributed by atoms with E-state index in [1.54, 1.807) is 4.90 Å². The van der Waals surface area contributed by atoms with Crippen LogP contribution in [0.15, 0.2) is 12.3 Å². The zero-order valence-electron chi connectivity index (χ0n) is 12.0. The molecule has 1 aliphatic heterocycles. The van der Waals surface area contributed by atoms with Crippen molar-refractivity contribution in [3.05, 3.63) is 33.1 Å². The van der Waals surface area contributed by atoms with Crippen molar-refractivity contribution in [3.8, 4) is 0 Å². The number of aromatic nitrogens is 1. The van der Waals surface area contributed by atoms with Crippen LogP contribution in [0.5, 0.6) is 0 Å². The van der Waals surface area contributed by atoms with Crippen molar-refractivity contribution in [1.82, 2.24) is 14.8 Å². The first kappa shape index (κ1) is 15.7. The summed E-state index contributed by atoms with van der Waals surface area (Å²) in [4.78, 5) is 30.4. The van der Waals surface area contributed by atoms with Gasteiger partial charge in [0.15, 0.2) is 0 Å². The molecule has 8 heteroatoms. The third-order valence-corrected chi connectivity index (χ3v) is 4.03. The molecule has 1 aromatic rings. The highest BCUT2D eigenvalue weighted by Gasteiger charge is 2.28. The second-order valence-electron chi connectivity index (χ2n) is 5.02. The van der Waals surface area contributed by atoms with Crippen molar-refractivity contribution < 1.29 is 9.72 Å². The largest absolute Gasteiger partial charge is 0.336 e. The predicted octanol–water partition coefficient (Wildman–Crippen LogP) is 1.81. The number of halogens is 1. The topological polar surface area (TPSA) is 79.6 Å². The number of nitro groups is 1. The SMILES string of the molecule is CCN1CCN(C(=O)c2cc([N+](=O)[O-])cnc2Cl)CC1C. The summed E-state index contributed by atoms with van der Waals surface area (Å²) in [5.74, 6) is -0.307. The van der Waals surface area contributed by atoms with Crippen LogP contribution in [0.2, 0.25) is 5.15 Å². The minimum atomic E-state index is -0.586. The number of carbonyl (C=O) groups excluding carboxylic acids is 1. The monoisotopic (exact) mass is 312 g/mol. The Morgan fingerprint density at radius 2 is 2.29 bits per heavy atom. The van der Waals surface area contributed by atoms with Crippen molar-refractivity contribution in [2.75, 3.05) is 26.2 Å². The lowest BCUT2D eigenvalue weighted by Gasteiger charge is -2.39. The first-order chi connectivity index (χ1) is 9.93. The molecular weight excluding hydrogens is 296 g/mol. The highest BCUT2D eigenvalue weighted by molar-refractivity contribution is 6.32. The quantitative estimate of drug-likeness (QED) is 0.483. The summed E-state index contributed by atoms with van der Waals surface area (Å²) in [5, 5.41) is 10.8. The maximum Gasteiger partial charge on any atom is 0.288 e. The summed E-state index contributed by atoms with van der Waals surface area (Å²) in [6, 6.07) is 1.44. The number of piperazine rings is 1. The van der Waals surface area contributed by atoms with Crippen LogP contribution in [0, 0.1) is 10.1 Å². The Labute approximate surface area is 127 Å². The van der Waals surface area contributed by atoms with E-state index in [0.717, 1.165) is 19.3 Å². The normalized spacial score (nSPS) is 19.6. The molecule has 7 nitrogen and oxygen atoms in total. The van der Waals surface area contributed by atoms with Crippen molar-refractivity contribution in [2.45, 2.75) is 19.9 Å². The fraction of sp³-hybridized carbons (Fsp3) is 0.538. The number of pyridine rings is 1. The van der Waals surface area contributed by atoms with Gasteiger partial charge in [-0.25, -0.2) is 4.98 Å². The van der Waals surface area contributed by atoms with E-state index in [9.17, 15) is 14.9 Å². The second-order valence-corrected chi connectivity index (χ2v) is 5.38. The zero-order chi connectivity index (χ0) is 15.6. The summed E-state index contributed by atoms with van der Waals surface area (Å²) in [6.07, 6.45) is 1.05. The van der Waals surface area contributed by atoms with Gasteiger partial charge in [-0.1, -0.05) is 18.5 Å². The molecule has 0 aromatic carbocycles. The molecule has 0 N–H and O–H groups in total. The number of likely N-dealkylation sites (N-methyl/N-ethyl adjacent to an activating group) is 1. The molecule has 0 aliphatic carbocycles. The van der Waals surface area contributed by atoms with Crippen LogP contribution in [0.1, 0.15) is 24.2 Å². The highest BCUT2D eigenvalue weighted by Crippen LogP contribution is 2.22. The Kier molecular flexibility index (Phi) is 4.74. The molecule has 0 spiro atoms. The lowest BCUT2D eigenvalue weighted by Crippen LogP contribution is -2.53. The Bertz CT molecular complexity index is 566. The van der Waals surface area contributed by atoms with E-state index in [0.29, 0.717) is 13.1 Å². The van der Waals surface area contributed by atoms with Gasteiger partial charge >= 0.3 is 0 Å². The Morgan fingerprint density at radius 1 is 1.57 bits per heavy atom. The van der Waals surface area contributed by atoms with Gasteiger partial charge < -0.3 is 4.90 Å². The minimum absolute atomic E-state index is 0.00354. The third kappa shape index (κ3) is 3.30. The molecule has 114 valence electrons. The maximum absolute atomic E-state index is 12.5. The molecule has 2 rings (SSSR count). The molecule has 0 bridgehead atoms. The van der Waals surface area contributed by atoms with Gasteiger partial charge in [0.25, 0.3) is 11.6 Å². The van der Waals surface area contributed by atoms with Crippen LogP contribution >= 0.6 is 11.6 Å². The molecule has 21 heavy (non-hydrogen) atoms. The van der Waals surface area contributed by atoms with E-state index >= 15 is 0 Å². The predicted molar refractivity (Wildman–Crippen MR) is 78.5 cm³/mol. The zero-order valence-corrected chi connectivity index (χ0v) is 12.7. The number of amides is 1. The van der Waals surface area contributed by atoms with Crippen molar-refractivity contribution in [3.63, 3.8) is 0 Å². The number of hydrogen-bond donors (Lipinski definition) is 0. The van der Waals surface area contributed by atoms with E-state index in [1.807, 2.05) is 0 Å².